The van der Waals surface area contributed by atoms with E-state index in [2.05, 4.69) is 0 Å². The summed E-state index contributed by atoms with van der Waals surface area (Å²) >= 11 is 0. The summed E-state index contributed by atoms with van der Waals surface area (Å²) in [6.07, 6.45) is -0.225. The molecule has 0 saturated heterocycles. The van der Waals surface area contributed by atoms with Crippen LogP contribution in [0.4, 0.5) is 4.79 Å². The highest BCUT2D eigenvalue weighted by atomic mass is 16.7. The van der Waals surface area contributed by atoms with E-state index in [1.54, 1.807) is 13.0 Å². The van der Waals surface area contributed by atoms with Crippen molar-refractivity contribution in [3.63, 3.8) is 0 Å². The molecule has 38 heavy (non-hydrogen) atoms. The van der Waals surface area contributed by atoms with Gasteiger partial charge in [-0.05, 0) is 48.8 Å². The summed E-state index contributed by atoms with van der Waals surface area (Å²) < 4.78 is 26.2. The maximum atomic E-state index is 12.4. The summed E-state index contributed by atoms with van der Waals surface area (Å²) in [5.41, 5.74) is 6.60. The normalized spacial score (nSPS) is 13.4. The summed E-state index contributed by atoms with van der Waals surface area (Å²) in [4.78, 5) is 48.6. The van der Waals surface area contributed by atoms with Crippen LogP contribution in [0.15, 0.2) is 18.2 Å². The Morgan fingerprint density at radius 1 is 0.816 bits per heavy atom. The Hall–Kier alpha value is -3.14. The van der Waals surface area contributed by atoms with Crippen LogP contribution in [0.1, 0.15) is 73.3 Å². The lowest BCUT2D eigenvalue weighted by Gasteiger charge is -2.17. The van der Waals surface area contributed by atoms with Gasteiger partial charge in [0.2, 0.25) is 0 Å². The van der Waals surface area contributed by atoms with Crippen molar-refractivity contribution in [3.05, 3.63) is 23.8 Å². The van der Waals surface area contributed by atoms with Crippen LogP contribution in [0.2, 0.25) is 0 Å². The van der Waals surface area contributed by atoms with E-state index in [1.807, 2.05) is 41.5 Å². The van der Waals surface area contributed by atoms with Crippen LogP contribution >= 0.6 is 0 Å². The lowest BCUT2D eigenvalue weighted by atomic mass is 10.1. The third kappa shape index (κ3) is 13.4. The van der Waals surface area contributed by atoms with E-state index in [1.165, 1.54) is 12.1 Å². The summed E-state index contributed by atoms with van der Waals surface area (Å²) in [5, 5.41) is 0. The summed E-state index contributed by atoms with van der Waals surface area (Å²) in [6, 6.07) is 3.62. The Morgan fingerprint density at radius 3 is 1.95 bits per heavy atom. The molecule has 3 atom stereocenters. The Morgan fingerprint density at radius 2 is 1.39 bits per heavy atom. The number of rotatable bonds is 15. The van der Waals surface area contributed by atoms with Gasteiger partial charge in [-0.3, -0.25) is 14.4 Å². The standard InChI is InChI=1S/C28H43NO9/c1-8-19(6)15-35-28(33)36-20(7)16-34-27(32)22(29)13-21-9-10-23(37-25(30)11-17(2)3)24(14-21)38-26(31)12-18(4)5/h9-10,14,17-20,22H,8,11-13,15-16,29H2,1-7H3/t19?,20-,22-/m0/s1. The van der Waals surface area contributed by atoms with Crippen molar-refractivity contribution >= 4 is 24.1 Å². The maximum absolute atomic E-state index is 12.4. The van der Waals surface area contributed by atoms with Crippen molar-refractivity contribution in [1.82, 2.24) is 0 Å². The Labute approximate surface area is 225 Å². The van der Waals surface area contributed by atoms with E-state index in [9.17, 15) is 19.2 Å². The molecule has 0 aliphatic rings. The molecule has 0 aliphatic carbocycles. The molecule has 0 amide bonds. The van der Waals surface area contributed by atoms with Gasteiger partial charge in [0.15, 0.2) is 11.5 Å². The van der Waals surface area contributed by atoms with Crippen LogP contribution in [-0.4, -0.2) is 49.4 Å². The second-order valence-electron chi connectivity index (χ2n) is 10.4. The third-order valence-corrected chi connectivity index (χ3v) is 5.30. The molecule has 214 valence electrons. The Kier molecular flexibility index (Phi) is 14.4. The number of hydrogen-bond donors (Lipinski definition) is 1. The number of hydrogen-bond acceptors (Lipinski definition) is 10. The van der Waals surface area contributed by atoms with Crippen molar-refractivity contribution in [2.75, 3.05) is 13.2 Å². The van der Waals surface area contributed by atoms with Crippen LogP contribution < -0.4 is 15.2 Å². The highest BCUT2D eigenvalue weighted by Crippen LogP contribution is 2.30. The molecule has 0 heterocycles. The zero-order valence-corrected chi connectivity index (χ0v) is 23.6. The lowest BCUT2D eigenvalue weighted by molar-refractivity contribution is -0.148. The van der Waals surface area contributed by atoms with Crippen molar-refractivity contribution in [2.45, 2.75) is 86.3 Å². The molecule has 0 fully saturated rings. The fourth-order valence-corrected chi connectivity index (χ4v) is 3.04. The quantitative estimate of drug-likeness (QED) is 0.249. The third-order valence-electron chi connectivity index (χ3n) is 5.30. The molecule has 0 aliphatic heterocycles. The second-order valence-corrected chi connectivity index (χ2v) is 10.4. The van der Waals surface area contributed by atoms with E-state index < -0.39 is 36.2 Å². The molecule has 2 N–H and O–H groups in total. The molecule has 0 radical (unpaired) electrons. The number of benzene rings is 1. The van der Waals surface area contributed by atoms with Gasteiger partial charge < -0.3 is 29.4 Å². The monoisotopic (exact) mass is 537 g/mol. The van der Waals surface area contributed by atoms with Gasteiger partial charge in [0.05, 0.1) is 6.61 Å². The predicted octanol–water partition coefficient (Wildman–Crippen LogP) is 4.59. The fraction of sp³-hybridized carbons (Fsp3) is 0.643. The first-order valence-corrected chi connectivity index (χ1v) is 13.1. The van der Waals surface area contributed by atoms with E-state index >= 15 is 0 Å². The van der Waals surface area contributed by atoms with Crippen LogP contribution in [0.25, 0.3) is 0 Å². The minimum Gasteiger partial charge on any atom is -0.461 e. The first-order valence-electron chi connectivity index (χ1n) is 13.1. The van der Waals surface area contributed by atoms with Crippen LogP contribution in [0, 0.1) is 17.8 Å². The van der Waals surface area contributed by atoms with Gasteiger partial charge in [-0.1, -0.05) is 54.0 Å². The largest absolute Gasteiger partial charge is 0.508 e. The average molecular weight is 538 g/mol. The van der Waals surface area contributed by atoms with Gasteiger partial charge in [-0.2, -0.15) is 0 Å². The van der Waals surface area contributed by atoms with Gasteiger partial charge in [-0.25, -0.2) is 4.79 Å². The van der Waals surface area contributed by atoms with E-state index in [4.69, 9.17) is 29.4 Å². The van der Waals surface area contributed by atoms with Gasteiger partial charge in [0.25, 0.3) is 0 Å². The molecule has 1 aromatic rings. The zero-order chi connectivity index (χ0) is 28.8. The molecule has 0 spiro atoms. The lowest BCUT2D eigenvalue weighted by Crippen LogP contribution is -2.36. The van der Waals surface area contributed by atoms with E-state index in [0.29, 0.717) is 5.56 Å². The van der Waals surface area contributed by atoms with Crippen molar-refractivity contribution in [2.24, 2.45) is 23.5 Å². The first kappa shape index (κ1) is 32.9. The van der Waals surface area contributed by atoms with Crippen LogP contribution in [0.3, 0.4) is 0 Å². The van der Waals surface area contributed by atoms with Crippen LogP contribution in [-0.2, 0) is 35.0 Å². The van der Waals surface area contributed by atoms with Gasteiger partial charge in [-0.15, -0.1) is 0 Å². The highest BCUT2D eigenvalue weighted by Gasteiger charge is 2.21. The van der Waals surface area contributed by atoms with Gasteiger partial charge in [0, 0.05) is 12.8 Å². The number of ether oxygens (including phenoxy) is 5. The van der Waals surface area contributed by atoms with E-state index in [0.717, 1.165) is 6.42 Å². The number of nitrogens with two attached hydrogens (primary N) is 1. The molecule has 1 unspecified atom stereocenters. The summed E-state index contributed by atoms with van der Waals surface area (Å²) in [6.45, 7) is 13.1. The molecule has 0 saturated carbocycles. The minimum atomic E-state index is -1.03. The van der Waals surface area contributed by atoms with E-state index in [-0.39, 0.29) is 61.7 Å². The van der Waals surface area contributed by atoms with Gasteiger partial charge in [0.1, 0.15) is 18.8 Å². The molecule has 0 aromatic heterocycles. The van der Waals surface area contributed by atoms with Crippen LogP contribution in [0.5, 0.6) is 11.5 Å². The first-order chi connectivity index (χ1) is 17.8. The predicted molar refractivity (Wildman–Crippen MR) is 141 cm³/mol. The molecule has 10 nitrogen and oxygen atoms in total. The Bertz CT molecular complexity index is 929. The highest BCUT2D eigenvalue weighted by molar-refractivity contribution is 5.77. The number of esters is 3. The van der Waals surface area contributed by atoms with Crippen molar-refractivity contribution in [3.8, 4) is 11.5 Å². The zero-order valence-electron chi connectivity index (χ0n) is 23.6. The van der Waals surface area contributed by atoms with Gasteiger partial charge >= 0.3 is 24.1 Å². The molecule has 0 bridgehead atoms. The fourth-order valence-electron chi connectivity index (χ4n) is 3.04. The molecule has 1 rings (SSSR count). The molecular weight excluding hydrogens is 494 g/mol. The molecular formula is C28H43NO9. The maximum Gasteiger partial charge on any atom is 0.508 e. The van der Waals surface area contributed by atoms with Crippen molar-refractivity contribution in [1.29, 1.82) is 0 Å². The molecule has 10 heteroatoms. The SMILES string of the molecule is CCC(C)COC(=O)O[C@@H](C)COC(=O)[C@@H](N)Cc1ccc(OC(=O)CC(C)C)c(OC(=O)CC(C)C)c1. The molecule has 1 aromatic carbocycles. The topological polar surface area (TPSA) is 140 Å². The summed E-state index contributed by atoms with van der Waals surface area (Å²) in [7, 11) is 0. The van der Waals surface area contributed by atoms with Crippen molar-refractivity contribution < 1.29 is 42.9 Å². The second kappa shape index (κ2) is 16.7. The Balaban J connectivity index is 2.77. The summed E-state index contributed by atoms with van der Waals surface area (Å²) in [5.74, 6) is -1.04. The number of carbonyl (C=O) groups excluding carboxylic acids is 4. The average Bonchev–Trinajstić information content (AvgIpc) is 2.81. The minimum absolute atomic E-state index is 0.0694. The number of carbonyl (C=O) groups is 4. The smallest absolute Gasteiger partial charge is 0.461 e.